The zero-order valence-electron chi connectivity index (χ0n) is 9.71. The highest BCUT2D eigenvalue weighted by Crippen LogP contribution is 2.29. The Morgan fingerprint density at radius 1 is 1.21 bits per heavy atom. The van der Waals surface area contributed by atoms with Crippen molar-refractivity contribution in [1.82, 2.24) is 4.98 Å². The van der Waals surface area contributed by atoms with Crippen LogP contribution in [0.15, 0.2) is 42.7 Å². The van der Waals surface area contributed by atoms with Gasteiger partial charge in [-0.15, -0.1) is 0 Å². The van der Waals surface area contributed by atoms with Crippen LogP contribution in [-0.2, 0) is 12.7 Å². The van der Waals surface area contributed by atoms with Gasteiger partial charge in [-0.2, -0.15) is 13.2 Å². The first kappa shape index (κ1) is 13.7. The summed E-state index contributed by atoms with van der Waals surface area (Å²) in [5.41, 5.74) is 0.445. The average Bonchev–Trinajstić information content (AvgIpc) is 2.37. The lowest BCUT2D eigenvalue weighted by atomic mass is 10.1. The Hall–Kier alpha value is -1.75. The van der Waals surface area contributed by atoms with E-state index in [1.807, 2.05) is 0 Å². The third-order valence-corrected chi connectivity index (χ3v) is 2.83. The molecule has 1 aromatic carbocycles. The number of pyridine rings is 1. The molecule has 1 heterocycles. The molecule has 0 fully saturated rings. The van der Waals surface area contributed by atoms with Crippen LogP contribution in [0.25, 0.3) is 0 Å². The van der Waals surface area contributed by atoms with Crippen molar-refractivity contribution in [3.8, 4) is 0 Å². The Labute approximate surface area is 113 Å². The second-order valence-electron chi connectivity index (χ2n) is 3.91. The number of halogens is 4. The molecule has 0 radical (unpaired) electrons. The fourth-order valence-corrected chi connectivity index (χ4v) is 1.73. The third-order valence-electron chi connectivity index (χ3n) is 2.51. The van der Waals surface area contributed by atoms with E-state index in [1.165, 1.54) is 18.5 Å². The van der Waals surface area contributed by atoms with Gasteiger partial charge in [-0.3, -0.25) is 4.98 Å². The highest BCUT2D eigenvalue weighted by atomic mass is 35.5. The number of nitrogens with one attached hydrogen (secondary N) is 1. The van der Waals surface area contributed by atoms with Gasteiger partial charge in [0.15, 0.2) is 0 Å². The average molecular weight is 287 g/mol. The fraction of sp³-hybridized carbons (Fsp3) is 0.154. The van der Waals surface area contributed by atoms with Crippen molar-refractivity contribution in [2.24, 2.45) is 0 Å². The highest BCUT2D eigenvalue weighted by molar-refractivity contribution is 6.33. The van der Waals surface area contributed by atoms with Crippen molar-refractivity contribution < 1.29 is 13.2 Å². The summed E-state index contributed by atoms with van der Waals surface area (Å²) in [6.07, 6.45) is -1.27. The van der Waals surface area contributed by atoms with Crippen LogP contribution in [0.2, 0.25) is 5.02 Å². The van der Waals surface area contributed by atoms with Gasteiger partial charge in [0, 0.05) is 12.7 Å². The van der Waals surface area contributed by atoms with Crippen LogP contribution in [0, 0.1) is 0 Å². The van der Waals surface area contributed by atoms with Crippen LogP contribution in [0.3, 0.4) is 0 Å². The number of anilines is 1. The maximum atomic E-state index is 12.5. The maximum Gasteiger partial charge on any atom is 0.416 e. The first-order chi connectivity index (χ1) is 8.97. The van der Waals surface area contributed by atoms with E-state index in [9.17, 15) is 13.2 Å². The predicted molar refractivity (Wildman–Crippen MR) is 68.0 cm³/mol. The first-order valence-electron chi connectivity index (χ1n) is 5.46. The second kappa shape index (κ2) is 5.48. The summed E-state index contributed by atoms with van der Waals surface area (Å²) in [5, 5.41) is 3.42. The van der Waals surface area contributed by atoms with Crippen LogP contribution >= 0.6 is 11.6 Å². The number of alkyl halides is 3. The summed E-state index contributed by atoms with van der Waals surface area (Å²) < 4.78 is 37.6. The molecule has 0 unspecified atom stereocenters. The summed E-state index contributed by atoms with van der Waals surface area (Å²) in [6, 6.07) is 6.76. The van der Waals surface area contributed by atoms with E-state index in [2.05, 4.69) is 10.3 Å². The van der Waals surface area contributed by atoms with Crippen LogP contribution in [0.1, 0.15) is 11.1 Å². The van der Waals surface area contributed by atoms with Crippen molar-refractivity contribution in [2.75, 3.05) is 5.32 Å². The summed E-state index contributed by atoms with van der Waals surface area (Å²) in [6.45, 7) is 0.245. The van der Waals surface area contributed by atoms with Gasteiger partial charge >= 0.3 is 6.18 Å². The summed E-state index contributed by atoms with van der Waals surface area (Å²) in [5.74, 6) is 0. The van der Waals surface area contributed by atoms with Gasteiger partial charge < -0.3 is 5.32 Å². The molecular weight excluding hydrogens is 277 g/mol. The molecule has 0 aliphatic heterocycles. The van der Waals surface area contributed by atoms with E-state index in [-0.39, 0.29) is 6.54 Å². The third kappa shape index (κ3) is 3.61. The number of hydrogen-bond acceptors (Lipinski definition) is 2. The van der Waals surface area contributed by atoms with Gasteiger partial charge in [0.05, 0.1) is 22.5 Å². The van der Waals surface area contributed by atoms with Gasteiger partial charge in [0.1, 0.15) is 0 Å². The Bertz CT molecular complexity index is 570. The summed E-state index contributed by atoms with van der Waals surface area (Å²) in [4.78, 5) is 3.89. The Balaban J connectivity index is 2.10. The standard InChI is InChI=1S/C13H10ClF3N2/c14-11-4-5-18-8-12(11)19-7-9-2-1-3-10(6-9)13(15,16)17/h1-6,8,19H,7H2. The van der Waals surface area contributed by atoms with Crippen molar-refractivity contribution in [3.05, 3.63) is 58.9 Å². The molecule has 0 bridgehead atoms. The highest BCUT2D eigenvalue weighted by Gasteiger charge is 2.30. The van der Waals surface area contributed by atoms with Gasteiger partial charge in [0.2, 0.25) is 0 Å². The van der Waals surface area contributed by atoms with Gasteiger partial charge in [-0.1, -0.05) is 23.7 Å². The minimum absolute atomic E-state index is 0.245. The quantitative estimate of drug-likeness (QED) is 0.906. The van der Waals surface area contributed by atoms with Gasteiger partial charge in [-0.05, 0) is 23.8 Å². The largest absolute Gasteiger partial charge is 0.416 e. The topological polar surface area (TPSA) is 24.9 Å². The summed E-state index contributed by atoms with van der Waals surface area (Å²) >= 11 is 5.91. The molecule has 19 heavy (non-hydrogen) atoms. The molecule has 1 aromatic heterocycles. The van der Waals surface area contributed by atoms with E-state index < -0.39 is 11.7 Å². The number of nitrogens with zero attached hydrogens (tertiary/aromatic N) is 1. The molecular formula is C13H10ClF3N2. The van der Waals surface area contributed by atoms with E-state index in [1.54, 1.807) is 12.1 Å². The molecule has 100 valence electrons. The molecule has 2 nitrogen and oxygen atoms in total. The molecule has 0 aliphatic rings. The second-order valence-corrected chi connectivity index (χ2v) is 4.31. The fourth-order valence-electron chi connectivity index (χ4n) is 1.56. The minimum atomic E-state index is -4.33. The van der Waals surface area contributed by atoms with E-state index >= 15 is 0 Å². The van der Waals surface area contributed by atoms with Crippen LogP contribution in [0.5, 0.6) is 0 Å². The van der Waals surface area contributed by atoms with Crippen LogP contribution in [-0.4, -0.2) is 4.98 Å². The van der Waals surface area contributed by atoms with E-state index in [0.717, 1.165) is 12.1 Å². The smallest absolute Gasteiger partial charge is 0.379 e. The number of rotatable bonds is 3. The van der Waals surface area contributed by atoms with Crippen LogP contribution in [0.4, 0.5) is 18.9 Å². The molecule has 0 aliphatic carbocycles. The van der Waals surface area contributed by atoms with Crippen molar-refractivity contribution >= 4 is 17.3 Å². The molecule has 2 rings (SSSR count). The SMILES string of the molecule is FC(F)(F)c1cccc(CNc2cnccc2Cl)c1. The molecule has 1 N–H and O–H groups in total. The van der Waals surface area contributed by atoms with E-state index in [0.29, 0.717) is 16.3 Å². The molecule has 0 saturated heterocycles. The Kier molecular flexibility index (Phi) is 3.95. The maximum absolute atomic E-state index is 12.5. The van der Waals surface area contributed by atoms with Crippen molar-refractivity contribution in [1.29, 1.82) is 0 Å². The molecule has 0 spiro atoms. The normalized spacial score (nSPS) is 11.4. The zero-order valence-corrected chi connectivity index (χ0v) is 10.5. The number of aromatic nitrogens is 1. The minimum Gasteiger partial charge on any atom is -0.379 e. The zero-order chi connectivity index (χ0) is 13.9. The molecule has 6 heteroatoms. The van der Waals surface area contributed by atoms with Crippen molar-refractivity contribution in [2.45, 2.75) is 12.7 Å². The van der Waals surface area contributed by atoms with Crippen molar-refractivity contribution in [3.63, 3.8) is 0 Å². The summed E-state index contributed by atoms with van der Waals surface area (Å²) in [7, 11) is 0. The number of hydrogen-bond donors (Lipinski definition) is 1. The van der Waals surface area contributed by atoms with Gasteiger partial charge in [0.25, 0.3) is 0 Å². The molecule has 2 aromatic rings. The molecule has 0 amide bonds. The first-order valence-corrected chi connectivity index (χ1v) is 5.84. The Morgan fingerprint density at radius 3 is 2.68 bits per heavy atom. The Morgan fingerprint density at radius 2 is 2.00 bits per heavy atom. The predicted octanol–water partition coefficient (Wildman–Crippen LogP) is 4.37. The van der Waals surface area contributed by atoms with Crippen LogP contribution < -0.4 is 5.32 Å². The molecule has 0 saturated carbocycles. The molecule has 0 atom stereocenters. The number of benzene rings is 1. The monoisotopic (exact) mass is 286 g/mol. The lowest BCUT2D eigenvalue weighted by molar-refractivity contribution is -0.137. The van der Waals surface area contributed by atoms with E-state index in [4.69, 9.17) is 11.6 Å². The lowest BCUT2D eigenvalue weighted by Crippen LogP contribution is -2.07. The van der Waals surface area contributed by atoms with Gasteiger partial charge in [-0.25, -0.2) is 0 Å². The lowest BCUT2D eigenvalue weighted by Gasteiger charge is -2.10.